The van der Waals surface area contributed by atoms with Gasteiger partial charge in [0.05, 0.1) is 42.9 Å². The number of phenols is 2. The highest BCUT2D eigenvalue weighted by atomic mass is 16.6. The number of carbonyl (C=O) groups is 6. The monoisotopic (exact) mass is 813 g/mol. The van der Waals surface area contributed by atoms with Crippen LogP contribution in [0.2, 0.25) is 0 Å². The quantitative estimate of drug-likeness (QED) is 0.0371. The number of nitrogen functional groups attached to an aromatic ring is 1. The van der Waals surface area contributed by atoms with Crippen LogP contribution in [0.1, 0.15) is 95.4 Å². The van der Waals surface area contributed by atoms with Gasteiger partial charge in [0.2, 0.25) is 17.7 Å². The number of esters is 3. The molecule has 0 spiro atoms. The molecule has 2 saturated heterocycles. The highest BCUT2D eigenvalue weighted by molar-refractivity contribution is 6.22. The number of ether oxygens (including phenoxy) is 2. The number of nitrogens with two attached hydrogens (primary N) is 1. The van der Waals surface area contributed by atoms with E-state index in [4.69, 9.17) is 20.7 Å². The molecular formula is C44H65N2O12+. The maximum absolute atomic E-state index is 13.7. The normalized spacial score (nSPS) is 20.3. The molecule has 58 heavy (non-hydrogen) atoms. The van der Waals surface area contributed by atoms with Crippen LogP contribution >= 0.6 is 0 Å². The Hall–Kier alpha value is -5.11. The van der Waals surface area contributed by atoms with Crippen molar-refractivity contribution in [3.05, 3.63) is 55.5 Å². The van der Waals surface area contributed by atoms with Crippen LogP contribution in [-0.2, 0) is 38.2 Å². The Morgan fingerprint density at radius 2 is 1.26 bits per heavy atom. The summed E-state index contributed by atoms with van der Waals surface area (Å²) in [5, 5.41) is 35.9. The predicted molar refractivity (Wildman–Crippen MR) is 220 cm³/mol. The molecule has 2 aliphatic rings. The van der Waals surface area contributed by atoms with E-state index >= 15 is 0 Å². The summed E-state index contributed by atoms with van der Waals surface area (Å²) in [6, 6.07) is 12.2. The zero-order valence-electron chi connectivity index (χ0n) is 35.9. The fraction of sp³-hybridized carbons (Fsp3) is 0.568. The molecule has 0 saturated carbocycles. The Labute approximate surface area is 343 Å². The van der Waals surface area contributed by atoms with Crippen molar-refractivity contribution >= 4 is 47.1 Å². The molecule has 14 heteroatoms. The second-order valence-electron chi connectivity index (χ2n) is 16.6. The number of amides is 2. The Morgan fingerprint density at radius 3 is 1.64 bits per heavy atom. The molecule has 0 bridgehead atoms. The van der Waals surface area contributed by atoms with Gasteiger partial charge >= 0.3 is 23.9 Å². The number of phenolic OH excluding ortho intramolecular Hbond substituents is 2. The lowest BCUT2D eigenvalue weighted by molar-refractivity contribution is -0.162. The number of cyclic esters (lactones) is 2. The van der Waals surface area contributed by atoms with Crippen LogP contribution in [0.15, 0.2) is 48.5 Å². The highest BCUT2D eigenvalue weighted by Gasteiger charge is 2.57. The maximum Gasteiger partial charge on any atom is 0.362 e. The van der Waals surface area contributed by atoms with Crippen LogP contribution in [0.5, 0.6) is 11.5 Å². The molecule has 14 nitrogen and oxygen atoms in total. The Morgan fingerprint density at radius 1 is 0.810 bits per heavy atom. The summed E-state index contributed by atoms with van der Waals surface area (Å²) in [6.45, 7) is 24.1. The van der Waals surface area contributed by atoms with Crippen molar-refractivity contribution in [2.75, 3.05) is 23.8 Å². The van der Waals surface area contributed by atoms with E-state index in [9.17, 15) is 39.0 Å². The van der Waals surface area contributed by atoms with Crippen molar-refractivity contribution < 1.29 is 58.7 Å². The zero-order valence-corrected chi connectivity index (χ0v) is 35.9. The van der Waals surface area contributed by atoms with Gasteiger partial charge in [0.25, 0.3) is 0 Å². The summed E-state index contributed by atoms with van der Waals surface area (Å²) in [4.78, 5) is 75.4. The van der Waals surface area contributed by atoms with Gasteiger partial charge in [-0.3, -0.25) is 28.9 Å². The number of anilines is 2. The van der Waals surface area contributed by atoms with Crippen molar-refractivity contribution in [3.8, 4) is 11.5 Å². The smallest absolute Gasteiger partial charge is 0.362 e. The molecule has 2 aliphatic heterocycles. The Kier molecular flexibility index (Phi) is 19.0. The fourth-order valence-electron chi connectivity index (χ4n) is 7.31. The number of imide groups is 1. The first-order valence-corrected chi connectivity index (χ1v) is 19.6. The number of hydrogen-bond acceptors (Lipinski definition) is 12. The third-order valence-electron chi connectivity index (χ3n) is 11.1. The molecule has 322 valence electrons. The Bertz CT molecular complexity index is 1680. The van der Waals surface area contributed by atoms with Crippen molar-refractivity contribution in [1.29, 1.82) is 0 Å². The van der Waals surface area contributed by atoms with E-state index in [0.29, 0.717) is 17.8 Å². The van der Waals surface area contributed by atoms with Gasteiger partial charge in [0.15, 0.2) is 0 Å². The minimum atomic E-state index is -1.15. The van der Waals surface area contributed by atoms with Gasteiger partial charge in [0, 0.05) is 12.3 Å². The van der Waals surface area contributed by atoms with Gasteiger partial charge in [-0.1, -0.05) is 68.7 Å². The number of aliphatic hydroxyl groups excluding tert-OH is 1. The molecule has 0 aromatic heterocycles. The number of aliphatic carboxylic acids is 1. The van der Waals surface area contributed by atoms with Gasteiger partial charge in [-0.15, -0.1) is 0 Å². The highest BCUT2D eigenvalue weighted by Crippen LogP contribution is 2.50. The first kappa shape index (κ1) is 50.9. The van der Waals surface area contributed by atoms with Gasteiger partial charge in [-0.25, -0.2) is 4.79 Å². The van der Waals surface area contributed by atoms with Gasteiger partial charge in [-0.2, -0.15) is 0 Å². The first-order chi connectivity index (χ1) is 26.8. The van der Waals surface area contributed by atoms with E-state index in [1.165, 1.54) is 31.2 Å². The summed E-state index contributed by atoms with van der Waals surface area (Å²) in [7, 11) is 0. The molecule has 2 aromatic rings. The van der Waals surface area contributed by atoms with Crippen LogP contribution in [0, 0.1) is 58.7 Å². The van der Waals surface area contributed by atoms with Crippen LogP contribution in [0.25, 0.3) is 0 Å². The molecular weight excluding hydrogens is 748 g/mol. The molecule has 0 radical (unpaired) electrons. The number of carboxylic acids is 1. The largest absolute Gasteiger partial charge is 0.508 e. The number of aromatic hydroxyl groups is 2. The molecule has 6 unspecified atom stereocenters. The molecule has 0 aliphatic carbocycles. The predicted octanol–water partition coefficient (Wildman–Crippen LogP) is 6.80. The molecule has 6 N–H and O–H groups in total. The van der Waals surface area contributed by atoms with E-state index in [2.05, 4.69) is 11.7 Å². The standard InChI is InChI=1S/C26H37NO7.C10H15O3.C6H7NO.C2H6O/c1-8-25(4,5)20-18(21(29)27(22(20)30)16-10-12-17(28)13-11-16)14-26(6,7)19(23(31)32)15(3)24(33)34-9-2;1-5-10(3,4)7-6(2)8(11)13-9(7)12;7-5-1-3-6(8)4-2-5;1-2-3/h10-13,15,18-20,28H,8-9,14H2,1-7H3,(H,31,32);6-7H,2,5H2,1,3-4H3;1-4,8H,7H2;3H,2H2,1H3/q;+1;;. The van der Waals surface area contributed by atoms with Crippen LogP contribution < -0.4 is 10.6 Å². The van der Waals surface area contributed by atoms with Crippen LogP contribution in [0.4, 0.5) is 11.4 Å². The summed E-state index contributed by atoms with van der Waals surface area (Å²) in [5.74, 6) is -7.52. The number of carbonyl (C=O) groups excluding carboxylic acids is 5. The third-order valence-corrected chi connectivity index (χ3v) is 11.1. The summed E-state index contributed by atoms with van der Waals surface area (Å²) in [6.07, 6.45) is 1.58. The lowest BCUT2D eigenvalue weighted by Crippen LogP contribution is -2.43. The average Bonchev–Trinajstić information content (AvgIpc) is 3.55. The van der Waals surface area contributed by atoms with Crippen molar-refractivity contribution in [2.45, 2.75) is 95.4 Å². The second kappa shape index (κ2) is 21.6. The Balaban J connectivity index is 0.000000564. The first-order valence-electron chi connectivity index (χ1n) is 19.6. The van der Waals surface area contributed by atoms with Crippen LogP contribution in [-0.4, -0.2) is 69.3 Å². The fourth-order valence-corrected chi connectivity index (χ4v) is 7.31. The van der Waals surface area contributed by atoms with Crippen molar-refractivity contribution in [3.63, 3.8) is 0 Å². The van der Waals surface area contributed by atoms with E-state index in [-0.39, 0.29) is 48.4 Å². The molecule has 2 fully saturated rings. The number of rotatable bonds is 12. The maximum atomic E-state index is 13.7. The number of carboxylic acid groups (broad SMARTS) is 1. The summed E-state index contributed by atoms with van der Waals surface area (Å²) < 4.78 is 9.60. The molecule has 2 aromatic carbocycles. The molecule has 4 rings (SSSR count). The third kappa shape index (κ3) is 13.0. The number of hydrogen-bond donors (Lipinski definition) is 5. The second-order valence-corrected chi connectivity index (χ2v) is 16.6. The lowest BCUT2D eigenvalue weighted by atomic mass is 9.63. The number of benzene rings is 2. The number of nitrogens with zero attached hydrogens (tertiary/aromatic N) is 1. The molecule has 2 amide bonds. The molecule has 6 atom stereocenters. The van der Waals surface area contributed by atoms with Crippen molar-refractivity contribution in [2.24, 2.45) is 51.8 Å². The van der Waals surface area contributed by atoms with Gasteiger partial charge in [0.1, 0.15) is 17.4 Å². The topological polar surface area (TPSA) is 231 Å². The number of aliphatic hydroxyl groups is 1. The summed E-state index contributed by atoms with van der Waals surface area (Å²) in [5.41, 5.74) is 4.62. The lowest BCUT2D eigenvalue weighted by Gasteiger charge is -2.39. The zero-order chi connectivity index (χ0) is 44.9. The van der Waals surface area contributed by atoms with E-state index in [0.717, 1.165) is 11.3 Å². The molecule has 2 heterocycles. The van der Waals surface area contributed by atoms with Gasteiger partial charge in [-0.05, 0) is 91.5 Å². The van der Waals surface area contributed by atoms with Crippen molar-refractivity contribution in [1.82, 2.24) is 0 Å². The van der Waals surface area contributed by atoms with E-state index in [1.54, 1.807) is 52.0 Å². The SMILES string of the molecule is CCO.CCOC(=O)C(C)C(C(=O)O)C(C)(C)CC1C(=O)N(c2ccc(O)cc2)C(=O)C1C(C)(C)CC.Nc1ccc(O)cc1.[CH2+]C1C(=O)OC(=O)C1C(C)(C)CC. The minimum absolute atomic E-state index is 0.0169. The minimum Gasteiger partial charge on any atom is -0.508 e. The average molecular weight is 814 g/mol. The van der Waals surface area contributed by atoms with E-state index in [1.807, 2.05) is 41.5 Å². The summed E-state index contributed by atoms with van der Waals surface area (Å²) >= 11 is 0. The van der Waals surface area contributed by atoms with Gasteiger partial charge < -0.3 is 35.6 Å². The van der Waals surface area contributed by atoms with E-state index < -0.39 is 70.2 Å². The van der Waals surface area contributed by atoms with Crippen LogP contribution in [0.3, 0.4) is 0 Å².